The Kier molecular flexibility index (Phi) is 3.78. The molecule has 5 nitrogen and oxygen atoms in total. The lowest BCUT2D eigenvalue weighted by Crippen LogP contribution is -2.42. The summed E-state index contributed by atoms with van der Waals surface area (Å²) in [5.41, 5.74) is 1.11. The van der Waals surface area contributed by atoms with Crippen LogP contribution < -0.4 is 10.5 Å². The van der Waals surface area contributed by atoms with Gasteiger partial charge in [-0.15, -0.1) is 0 Å². The minimum Gasteiger partial charge on any atom is -0.393 e. The van der Waals surface area contributed by atoms with Gasteiger partial charge in [0.2, 0.25) is 0 Å². The lowest BCUT2D eigenvalue weighted by atomic mass is 9.77. The molecule has 2 aliphatic rings. The summed E-state index contributed by atoms with van der Waals surface area (Å²) in [5, 5.41) is 9.78. The van der Waals surface area contributed by atoms with E-state index >= 15 is 0 Å². The van der Waals surface area contributed by atoms with E-state index in [1.807, 2.05) is 13.8 Å². The molecule has 5 heteroatoms. The van der Waals surface area contributed by atoms with E-state index in [1.165, 1.54) is 0 Å². The van der Waals surface area contributed by atoms with Crippen LogP contribution in [0.4, 0.5) is 5.82 Å². The van der Waals surface area contributed by atoms with Crippen molar-refractivity contribution in [1.29, 1.82) is 0 Å². The normalized spacial score (nSPS) is 25.0. The van der Waals surface area contributed by atoms with Crippen LogP contribution in [0.1, 0.15) is 57.6 Å². The molecule has 1 spiro atoms. The van der Waals surface area contributed by atoms with Crippen molar-refractivity contribution in [3.8, 4) is 0 Å². The van der Waals surface area contributed by atoms with E-state index in [2.05, 4.69) is 14.9 Å². The Hall–Kier alpha value is -1.36. The molecule has 0 bridgehead atoms. The van der Waals surface area contributed by atoms with Gasteiger partial charge < -0.3 is 15.0 Å². The van der Waals surface area contributed by atoms with Gasteiger partial charge in [0.25, 0.3) is 5.56 Å². The van der Waals surface area contributed by atoms with E-state index in [1.54, 1.807) is 6.20 Å². The largest absolute Gasteiger partial charge is 0.393 e. The lowest BCUT2D eigenvalue weighted by molar-refractivity contribution is 0.144. The number of H-pyrrole nitrogens is 1. The number of hydrogen-bond acceptors (Lipinski definition) is 4. The van der Waals surface area contributed by atoms with Crippen LogP contribution in [-0.2, 0) is 0 Å². The first-order chi connectivity index (χ1) is 9.99. The van der Waals surface area contributed by atoms with Crippen molar-refractivity contribution < 1.29 is 5.11 Å². The molecule has 1 atom stereocenters. The maximum Gasteiger partial charge on any atom is 0.291 e. The highest BCUT2D eigenvalue weighted by Gasteiger charge is 2.41. The molecule has 0 aromatic carbocycles. The summed E-state index contributed by atoms with van der Waals surface area (Å²) in [7, 11) is 0. The van der Waals surface area contributed by atoms with Crippen LogP contribution in [0.25, 0.3) is 0 Å². The van der Waals surface area contributed by atoms with Gasteiger partial charge in [-0.25, -0.2) is 4.98 Å². The number of nitrogens with one attached hydrogen (secondary N) is 1. The first-order valence-electron chi connectivity index (χ1n) is 8.01. The summed E-state index contributed by atoms with van der Waals surface area (Å²) < 4.78 is 0. The van der Waals surface area contributed by atoms with Crippen molar-refractivity contribution in [2.24, 2.45) is 5.41 Å². The van der Waals surface area contributed by atoms with Crippen LogP contribution in [0.5, 0.6) is 0 Å². The van der Waals surface area contributed by atoms with Gasteiger partial charge in [0, 0.05) is 25.0 Å². The second-order valence-corrected chi connectivity index (χ2v) is 7.03. The first-order valence-corrected chi connectivity index (χ1v) is 8.01. The smallest absolute Gasteiger partial charge is 0.291 e. The molecule has 3 rings (SSSR count). The zero-order valence-corrected chi connectivity index (χ0v) is 12.9. The van der Waals surface area contributed by atoms with Crippen molar-refractivity contribution in [3.63, 3.8) is 0 Å². The molecule has 116 valence electrons. The summed E-state index contributed by atoms with van der Waals surface area (Å²) in [6.07, 6.45) is 6.75. The molecular formula is C16H25N3O2. The Morgan fingerprint density at radius 1 is 1.38 bits per heavy atom. The van der Waals surface area contributed by atoms with Crippen molar-refractivity contribution >= 4 is 5.82 Å². The number of aliphatic hydroxyl groups is 1. The van der Waals surface area contributed by atoms with Gasteiger partial charge in [-0.2, -0.15) is 0 Å². The third kappa shape index (κ3) is 2.84. The third-order valence-corrected chi connectivity index (χ3v) is 5.21. The van der Waals surface area contributed by atoms with Gasteiger partial charge in [0.05, 0.1) is 6.10 Å². The van der Waals surface area contributed by atoms with Crippen LogP contribution in [0.15, 0.2) is 11.0 Å². The molecule has 0 radical (unpaired) electrons. The van der Waals surface area contributed by atoms with Crippen LogP contribution in [0.2, 0.25) is 0 Å². The third-order valence-electron chi connectivity index (χ3n) is 5.21. The van der Waals surface area contributed by atoms with E-state index in [4.69, 9.17) is 0 Å². The molecule has 2 fully saturated rings. The highest BCUT2D eigenvalue weighted by atomic mass is 16.3. The number of rotatable bonds is 2. The van der Waals surface area contributed by atoms with Crippen LogP contribution >= 0.6 is 0 Å². The summed E-state index contributed by atoms with van der Waals surface area (Å²) in [6.45, 7) is 5.82. The Morgan fingerprint density at radius 3 is 2.62 bits per heavy atom. The summed E-state index contributed by atoms with van der Waals surface area (Å²) in [6, 6.07) is 0. The van der Waals surface area contributed by atoms with E-state index in [0.29, 0.717) is 11.2 Å². The number of hydrogen-bond donors (Lipinski definition) is 2. The highest BCUT2D eigenvalue weighted by molar-refractivity contribution is 5.37. The van der Waals surface area contributed by atoms with E-state index < -0.39 is 0 Å². The average molecular weight is 291 g/mol. The van der Waals surface area contributed by atoms with Crippen molar-refractivity contribution in [1.82, 2.24) is 9.97 Å². The molecule has 1 aliphatic carbocycles. The molecule has 1 aliphatic heterocycles. The van der Waals surface area contributed by atoms with Crippen molar-refractivity contribution in [3.05, 3.63) is 22.2 Å². The number of aromatic nitrogens is 2. The predicted octanol–water partition coefficient (Wildman–Crippen LogP) is 2.02. The Balaban J connectivity index is 1.71. The predicted molar refractivity (Wildman–Crippen MR) is 82.7 cm³/mol. The molecule has 1 unspecified atom stereocenters. The Labute approximate surface area is 125 Å². The zero-order chi connectivity index (χ0) is 15.0. The fraction of sp³-hybridized carbons (Fsp3) is 0.750. The van der Waals surface area contributed by atoms with Gasteiger partial charge in [-0.1, -0.05) is 13.8 Å². The van der Waals surface area contributed by atoms with Gasteiger partial charge >= 0.3 is 0 Å². The lowest BCUT2D eigenvalue weighted by Gasteiger charge is -2.39. The van der Waals surface area contributed by atoms with Crippen LogP contribution in [0.3, 0.4) is 0 Å². The fourth-order valence-electron chi connectivity index (χ4n) is 3.75. The van der Waals surface area contributed by atoms with E-state index in [0.717, 1.165) is 50.9 Å². The number of aliphatic hydroxyl groups excluding tert-OH is 1. The molecule has 2 N–H and O–H groups in total. The zero-order valence-electron chi connectivity index (χ0n) is 12.9. The second kappa shape index (κ2) is 5.44. The topological polar surface area (TPSA) is 69.2 Å². The molecule has 1 aromatic rings. The molecule has 1 aromatic heterocycles. The number of aromatic amines is 1. The summed E-state index contributed by atoms with van der Waals surface area (Å²) in [4.78, 5) is 21.6. The van der Waals surface area contributed by atoms with Crippen LogP contribution in [-0.4, -0.2) is 34.3 Å². The summed E-state index contributed by atoms with van der Waals surface area (Å²) in [5.74, 6) is 0.830. The first kappa shape index (κ1) is 14.6. The standard InChI is InChI=1S/C16H25N3O2/c1-11(2)13-10-17-14(15(21)18-13)19-7-5-16(6-8-19)4-3-12(20)9-16/h10-12,20H,3-9H2,1-2H3,(H,18,21). The summed E-state index contributed by atoms with van der Waals surface area (Å²) >= 11 is 0. The van der Waals surface area contributed by atoms with E-state index in [9.17, 15) is 9.90 Å². The van der Waals surface area contributed by atoms with Crippen molar-refractivity contribution in [2.75, 3.05) is 18.0 Å². The minimum atomic E-state index is -0.122. The Morgan fingerprint density at radius 2 is 2.10 bits per heavy atom. The monoisotopic (exact) mass is 291 g/mol. The van der Waals surface area contributed by atoms with E-state index in [-0.39, 0.29) is 17.6 Å². The number of nitrogens with zero attached hydrogens (tertiary/aromatic N) is 2. The molecular weight excluding hydrogens is 266 g/mol. The van der Waals surface area contributed by atoms with Gasteiger partial charge in [-0.3, -0.25) is 4.79 Å². The van der Waals surface area contributed by atoms with Crippen LogP contribution in [0, 0.1) is 5.41 Å². The fourth-order valence-corrected chi connectivity index (χ4v) is 3.75. The maximum atomic E-state index is 12.2. The highest BCUT2D eigenvalue weighted by Crippen LogP contribution is 2.46. The van der Waals surface area contributed by atoms with Gasteiger partial charge in [-0.05, 0) is 43.4 Å². The second-order valence-electron chi connectivity index (χ2n) is 7.03. The molecule has 0 amide bonds. The molecule has 1 saturated heterocycles. The minimum absolute atomic E-state index is 0.0800. The SMILES string of the molecule is CC(C)c1cnc(N2CCC3(CCC(O)C3)CC2)c(=O)[nH]1. The Bertz CT molecular complexity index is 559. The number of piperidine rings is 1. The van der Waals surface area contributed by atoms with Gasteiger partial charge in [0.15, 0.2) is 5.82 Å². The molecule has 2 heterocycles. The quantitative estimate of drug-likeness (QED) is 0.874. The average Bonchev–Trinajstić information content (AvgIpc) is 2.81. The van der Waals surface area contributed by atoms with Crippen molar-refractivity contribution in [2.45, 2.75) is 58.0 Å². The number of anilines is 1. The van der Waals surface area contributed by atoms with Gasteiger partial charge in [0.1, 0.15) is 0 Å². The maximum absolute atomic E-state index is 12.2. The molecule has 1 saturated carbocycles. The molecule has 21 heavy (non-hydrogen) atoms.